The minimum atomic E-state index is -0.679. The lowest BCUT2D eigenvalue weighted by molar-refractivity contribution is -0.136. The van der Waals surface area contributed by atoms with Crippen LogP contribution in [0.2, 0.25) is 0 Å². The highest BCUT2D eigenvalue weighted by Crippen LogP contribution is 2.27. The SMILES string of the molecule is CC(CNC(=O)C1CCN(C2=CCCC=C2)C1=O)N[C@@H](CCCN)C(=O)N(C)CC(c1ccccc1)c1ccccc1. The summed E-state index contributed by atoms with van der Waals surface area (Å²) in [6, 6.07) is 19.9. The first-order chi connectivity index (χ1) is 20.4. The van der Waals surface area contributed by atoms with Crippen molar-refractivity contribution in [3.8, 4) is 0 Å². The number of carbonyl (C=O) groups is 3. The maximum atomic E-state index is 13.7. The fraction of sp³-hybridized carbons (Fsp3) is 0.441. The molecule has 3 amide bonds. The smallest absolute Gasteiger partial charge is 0.239 e. The molecule has 8 heteroatoms. The normalized spacial score (nSPS) is 18.1. The van der Waals surface area contributed by atoms with Crippen molar-refractivity contribution >= 4 is 17.7 Å². The summed E-state index contributed by atoms with van der Waals surface area (Å²) in [6.07, 6.45) is 9.77. The second-order valence-corrected chi connectivity index (χ2v) is 11.3. The molecule has 2 aromatic carbocycles. The maximum absolute atomic E-state index is 13.7. The summed E-state index contributed by atoms with van der Waals surface area (Å²) in [7, 11) is 1.85. The standard InChI is InChI=1S/C34H45N5O3/c1-25(23-36-32(40)29-20-22-39(33(29)41)28-17-10-5-11-18-28)37-31(19-12-21-35)34(42)38(2)24-30(26-13-6-3-7-14-26)27-15-8-4-9-16-27/h3-4,6-10,13-18,25,29-31,37H,5,11-12,19-24,35H2,1-2H3,(H,36,40)/t25?,29?,31-/m0/s1. The zero-order chi connectivity index (χ0) is 29.9. The van der Waals surface area contributed by atoms with Crippen LogP contribution in [-0.4, -0.2) is 72.8 Å². The molecule has 1 aliphatic heterocycles. The number of allylic oxidation sites excluding steroid dienone is 3. The van der Waals surface area contributed by atoms with E-state index in [1.54, 1.807) is 9.80 Å². The molecule has 1 saturated heterocycles. The van der Waals surface area contributed by atoms with E-state index in [-0.39, 0.29) is 29.7 Å². The van der Waals surface area contributed by atoms with E-state index in [0.717, 1.165) is 29.7 Å². The van der Waals surface area contributed by atoms with E-state index >= 15 is 0 Å². The van der Waals surface area contributed by atoms with Crippen LogP contribution in [0.15, 0.2) is 84.6 Å². The molecule has 2 aromatic rings. The molecule has 8 nitrogen and oxygen atoms in total. The number of likely N-dealkylation sites (N-methyl/N-ethyl adjacent to an activating group) is 1. The number of carbonyl (C=O) groups excluding carboxylic acids is 3. The summed E-state index contributed by atoms with van der Waals surface area (Å²) in [5, 5.41) is 6.37. The van der Waals surface area contributed by atoms with Crippen molar-refractivity contribution in [2.24, 2.45) is 11.7 Å². The Bertz CT molecular complexity index is 1210. The number of nitrogens with two attached hydrogens (primary N) is 1. The van der Waals surface area contributed by atoms with E-state index in [4.69, 9.17) is 5.73 Å². The molecular formula is C34H45N5O3. The number of amides is 3. The van der Waals surface area contributed by atoms with Crippen molar-refractivity contribution in [1.29, 1.82) is 0 Å². The van der Waals surface area contributed by atoms with Gasteiger partial charge in [0.25, 0.3) is 0 Å². The average Bonchev–Trinajstić information content (AvgIpc) is 3.42. The molecule has 2 unspecified atom stereocenters. The third kappa shape index (κ3) is 8.17. The van der Waals surface area contributed by atoms with Gasteiger partial charge in [0.2, 0.25) is 17.7 Å². The quantitative estimate of drug-likeness (QED) is 0.301. The van der Waals surface area contributed by atoms with Crippen LogP contribution < -0.4 is 16.4 Å². The number of hydrogen-bond acceptors (Lipinski definition) is 5. The van der Waals surface area contributed by atoms with E-state index in [1.807, 2.05) is 56.4 Å². The molecule has 1 aliphatic carbocycles. The van der Waals surface area contributed by atoms with Crippen molar-refractivity contribution in [1.82, 2.24) is 20.4 Å². The topological polar surface area (TPSA) is 108 Å². The molecule has 0 bridgehead atoms. The maximum Gasteiger partial charge on any atom is 0.239 e. The van der Waals surface area contributed by atoms with Crippen LogP contribution in [0.4, 0.5) is 0 Å². The summed E-state index contributed by atoms with van der Waals surface area (Å²) in [5.41, 5.74) is 9.01. The molecule has 4 N–H and O–H groups in total. The van der Waals surface area contributed by atoms with Gasteiger partial charge in [0.15, 0.2) is 0 Å². The number of nitrogens with zero attached hydrogens (tertiary/aromatic N) is 2. The van der Waals surface area contributed by atoms with Crippen molar-refractivity contribution in [2.45, 2.75) is 57.0 Å². The molecule has 1 heterocycles. The fourth-order valence-corrected chi connectivity index (χ4v) is 5.76. The average molecular weight is 572 g/mol. The predicted octanol–water partition coefficient (Wildman–Crippen LogP) is 3.56. The van der Waals surface area contributed by atoms with Gasteiger partial charge in [-0.15, -0.1) is 0 Å². The molecule has 2 aliphatic rings. The Kier molecular flexibility index (Phi) is 11.5. The summed E-state index contributed by atoms with van der Waals surface area (Å²) in [5.74, 6) is -1.05. The highest BCUT2D eigenvalue weighted by molar-refractivity contribution is 6.02. The lowest BCUT2D eigenvalue weighted by atomic mass is 9.90. The van der Waals surface area contributed by atoms with E-state index in [0.29, 0.717) is 45.4 Å². The molecule has 224 valence electrons. The van der Waals surface area contributed by atoms with E-state index in [2.05, 4.69) is 47.1 Å². The van der Waals surface area contributed by atoms with Crippen LogP contribution >= 0.6 is 0 Å². The Hall–Kier alpha value is -3.75. The lowest BCUT2D eigenvalue weighted by Crippen LogP contribution is -2.52. The Balaban J connectivity index is 1.34. The first kappa shape index (κ1) is 31.2. The molecule has 1 fully saturated rings. The van der Waals surface area contributed by atoms with Crippen LogP contribution in [0.25, 0.3) is 0 Å². The van der Waals surface area contributed by atoms with Crippen LogP contribution in [0.5, 0.6) is 0 Å². The molecule has 42 heavy (non-hydrogen) atoms. The Morgan fingerprint density at radius 2 is 1.71 bits per heavy atom. The molecule has 0 spiro atoms. The Labute approximate surface area is 250 Å². The third-order valence-electron chi connectivity index (χ3n) is 8.11. The lowest BCUT2D eigenvalue weighted by Gasteiger charge is -2.30. The summed E-state index contributed by atoms with van der Waals surface area (Å²) < 4.78 is 0. The number of benzene rings is 2. The van der Waals surface area contributed by atoms with Crippen LogP contribution in [0.3, 0.4) is 0 Å². The van der Waals surface area contributed by atoms with E-state index < -0.39 is 12.0 Å². The minimum Gasteiger partial charge on any atom is -0.354 e. The van der Waals surface area contributed by atoms with Gasteiger partial charge in [0.1, 0.15) is 5.92 Å². The molecule has 0 radical (unpaired) electrons. The second kappa shape index (κ2) is 15.5. The molecule has 0 saturated carbocycles. The predicted molar refractivity (Wildman–Crippen MR) is 166 cm³/mol. The van der Waals surface area contributed by atoms with E-state index in [9.17, 15) is 14.4 Å². The van der Waals surface area contributed by atoms with Crippen LogP contribution in [-0.2, 0) is 14.4 Å². The fourth-order valence-electron chi connectivity index (χ4n) is 5.76. The monoisotopic (exact) mass is 571 g/mol. The molecule has 0 aromatic heterocycles. The summed E-state index contributed by atoms with van der Waals surface area (Å²) in [4.78, 5) is 43.2. The zero-order valence-corrected chi connectivity index (χ0v) is 24.9. The Morgan fingerprint density at radius 1 is 1.05 bits per heavy atom. The summed E-state index contributed by atoms with van der Waals surface area (Å²) >= 11 is 0. The number of rotatable bonds is 14. The minimum absolute atomic E-state index is 0.00564. The molecular weight excluding hydrogens is 526 g/mol. The first-order valence-electron chi connectivity index (χ1n) is 15.2. The van der Waals surface area contributed by atoms with Crippen molar-refractivity contribution in [3.05, 3.63) is 95.7 Å². The number of nitrogens with one attached hydrogen (secondary N) is 2. The van der Waals surface area contributed by atoms with Gasteiger partial charge in [-0.2, -0.15) is 0 Å². The van der Waals surface area contributed by atoms with Gasteiger partial charge < -0.3 is 26.2 Å². The third-order valence-corrected chi connectivity index (χ3v) is 8.11. The van der Waals surface area contributed by atoms with Gasteiger partial charge in [-0.05, 0) is 62.8 Å². The highest BCUT2D eigenvalue weighted by Gasteiger charge is 2.38. The van der Waals surface area contributed by atoms with Gasteiger partial charge in [0.05, 0.1) is 6.04 Å². The van der Waals surface area contributed by atoms with Gasteiger partial charge >= 0.3 is 0 Å². The first-order valence-corrected chi connectivity index (χ1v) is 15.2. The van der Waals surface area contributed by atoms with E-state index in [1.165, 1.54) is 0 Å². The van der Waals surface area contributed by atoms with Crippen molar-refractivity contribution in [3.63, 3.8) is 0 Å². The van der Waals surface area contributed by atoms with Crippen molar-refractivity contribution < 1.29 is 14.4 Å². The Morgan fingerprint density at radius 3 is 2.31 bits per heavy atom. The second-order valence-electron chi connectivity index (χ2n) is 11.3. The number of hydrogen-bond donors (Lipinski definition) is 3. The number of likely N-dealkylation sites (tertiary alicyclic amines) is 1. The van der Waals surface area contributed by atoms with Crippen molar-refractivity contribution in [2.75, 3.05) is 33.2 Å². The highest BCUT2D eigenvalue weighted by atomic mass is 16.2. The van der Waals surface area contributed by atoms with Gasteiger partial charge in [0, 0.05) is 44.3 Å². The summed E-state index contributed by atoms with van der Waals surface area (Å²) in [6.45, 7) is 3.83. The van der Waals surface area contributed by atoms with Gasteiger partial charge in [-0.3, -0.25) is 14.4 Å². The molecule has 4 rings (SSSR count). The largest absolute Gasteiger partial charge is 0.354 e. The van der Waals surface area contributed by atoms with Gasteiger partial charge in [-0.1, -0.05) is 72.8 Å². The van der Waals surface area contributed by atoms with Crippen LogP contribution in [0, 0.1) is 5.92 Å². The molecule has 3 atom stereocenters. The zero-order valence-electron chi connectivity index (χ0n) is 24.9. The van der Waals surface area contributed by atoms with Gasteiger partial charge in [-0.25, -0.2) is 0 Å². The van der Waals surface area contributed by atoms with Crippen LogP contribution in [0.1, 0.15) is 56.1 Å².